The summed E-state index contributed by atoms with van der Waals surface area (Å²) in [6.45, 7) is 2.38. The highest BCUT2D eigenvalue weighted by molar-refractivity contribution is 6.30. The first-order chi connectivity index (χ1) is 11.5. The average Bonchev–Trinajstić information content (AvgIpc) is 3.01. The first-order valence-corrected chi connectivity index (χ1v) is 7.98. The molecule has 0 bridgehead atoms. The minimum atomic E-state index is -0.262. The smallest absolute Gasteiger partial charge is 0.318 e. The van der Waals surface area contributed by atoms with Crippen molar-refractivity contribution in [3.63, 3.8) is 0 Å². The minimum Gasteiger partial charge on any atom is -0.328 e. The fraction of sp³-hybridized carbons (Fsp3) is 0.235. The Morgan fingerprint density at radius 3 is 2.75 bits per heavy atom. The van der Waals surface area contributed by atoms with Gasteiger partial charge in [0.05, 0.1) is 6.04 Å². The molecule has 7 heteroatoms. The van der Waals surface area contributed by atoms with Crippen molar-refractivity contribution in [2.45, 2.75) is 19.5 Å². The van der Waals surface area contributed by atoms with E-state index in [1.807, 2.05) is 60.0 Å². The van der Waals surface area contributed by atoms with Crippen LogP contribution in [-0.4, -0.2) is 32.6 Å². The van der Waals surface area contributed by atoms with Gasteiger partial charge in [-0.3, -0.25) is 4.40 Å². The fourth-order valence-corrected chi connectivity index (χ4v) is 2.58. The molecule has 1 atom stereocenters. The van der Waals surface area contributed by atoms with Crippen molar-refractivity contribution in [2.24, 2.45) is 0 Å². The summed E-state index contributed by atoms with van der Waals surface area (Å²) in [4.78, 5) is 14.0. The minimum absolute atomic E-state index is 0.176. The molecule has 0 spiro atoms. The Morgan fingerprint density at radius 2 is 2.00 bits per heavy atom. The summed E-state index contributed by atoms with van der Waals surface area (Å²) in [6.07, 6.45) is 1.88. The predicted molar refractivity (Wildman–Crippen MR) is 92.9 cm³/mol. The Hall–Kier alpha value is -2.60. The summed E-state index contributed by atoms with van der Waals surface area (Å²) in [5.74, 6) is 0.693. The van der Waals surface area contributed by atoms with E-state index >= 15 is 0 Å². The summed E-state index contributed by atoms with van der Waals surface area (Å²) in [6, 6.07) is 12.7. The van der Waals surface area contributed by atoms with E-state index in [4.69, 9.17) is 11.6 Å². The molecule has 3 rings (SSSR count). The number of nitrogens with zero attached hydrogens (tertiary/aromatic N) is 4. The van der Waals surface area contributed by atoms with Gasteiger partial charge in [-0.1, -0.05) is 29.8 Å². The van der Waals surface area contributed by atoms with Gasteiger partial charge >= 0.3 is 6.03 Å². The number of fused-ring (bicyclic) bond motifs is 1. The van der Waals surface area contributed by atoms with Gasteiger partial charge in [0.2, 0.25) is 0 Å². The molecule has 0 aliphatic carbocycles. The molecule has 2 aromatic heterocycles. The number of carbonyl (C=O) groups is 1. The van der Waals surface area contributed by atoms with Gasteiger partial charge in [0.1, 0.15) is 0 Å². The van der Waals surface area contributed by atoms with Crippen LogP contribution in [0.4, 0.5) is 4.79 Å². The highest BCUT2D eigenvalue weighted by Crippen LogP contribution is 2.14. The quantitative estimate of drug-likeness (QED) is 0.790. The molecule has 0 aliphatic heterocycles. The Bertz CT molecular complexity index is 846. The first kappa shape index (κ1) is 16.3. The zero-order valence-corrected chi connectivity index (χ0v) is 14.2. The number of carbonyl (C=O) groups excluding carboxylic acids is 1. The second-order valence-electron chi connectivity index (χ2n) is 5.64. The van der Waals surface area contributed by atoms with Crippen LogP contribution in [0.5, 0.6) is 0 Å². The van der Waals surface area contributed by atoms with Crippen molar-refractivity contribution in [3.8, 4) is 0 Å². The van der Waals surface area contributed by atoms with Crippen LogP contribution in [0.1, 0.15) is 24.4 Å². The maximum Gasteiger partial charge on any atom is 0.318 e. The lowest BCUT2D eigenvalue weighted by Crippen LogP contribution is -2.38. The number of benzene rings is 1. The molecule has 2 heterocycles. The lowest BCUT2D eigenvalue weighted by Gasteiger charge is -2.21. The Labute approximate surface area is 145 Å². The van der Waals surface area contributed by atoms with E-state index in [0.29, 0.717) is 17.4 Å². The van der Waals surface area contributed by atoms with Crippen molar-refractivity contribution in [1.82, 2.24) is 24.8 Å². The van der Waals surface area contributed by atoms with Gasteiger partial charge in [0.25, 0.3) is 0 Å². The molecule has 0 radical (unpaired) electrons. The monoisotopic (exact) mass is 343 g/mol. The van der Waals surface area contributed by atoms with Gasteiger partial charge in [-0.2, -0.15) is 0 Å². The normalized spacial score (nSPS) is 12.1. The van der Waals surface area contributed by atoms with Crippen molar-refractivity contribution in [1.29, 1.82) is 0 Å². The van der Waals surface area contributed by atoms with Crippen LogP contribution in [0, 0.1) is 0 Å². The van der Waals surface area contributed by atoms with Crippen molar-refractivity contribution in [2.75, 3.05) is 7.05 Å². The molecule has 0 saturated heterocycles. The second-order valence-corrected chi connectivity index (χ2v) is 6.08. The van der Waals surface area contributed by atoms with Crippen LogP contribution in [0.3, 0.4) is 0 Å². The van der Waals surface area contributed by atoms with Crippen LogP contribution in [0.2, 0.25) is 5.02 Å². The van der Waals surface area contributed by atoms with E-state index in [1.54, 1.807) is 11.9 Å². The van der Waals surface area contributed by atoms with Gasteiger partial charge < -0.3 is 10.2 Å². The average molecular weight is 344 g/mol. The van der Waals surface area contributed by atoms with Crippen LogP contribution in [0.15, 0.2) is 48.7 Å². The lowest BCUT2D eigenvalue weighted by atomic mass is 10.2. The number of aromatic nitrogens is 3. The zero-order chi connectivity index (χ0) is 17.1. The number of amides is 2. The molecule has 2 amide bonds. The van der Waals surface area contributed by atoms with Gasteiger partial charge in [0, 0.05) is 24.8 Å². The van der Waals surface area contributed by atoms with E-state index in [-0.39, 0.29) is 12.1 Å². The van der Waals surface area contributed by atoms with E-state index in [2.05, 4.69) is 15.5 Å². The molecule has 1 N–H and O–H groups in total. The second kappa shape index (κ2) is 6.88. The highest BCUT2D eigenvalue weighted by atomic mass is 35.5. The van der Waals surface area contributed by atoms with Crippen molar-refractivity contribution < 1.29 is 4.79 Å². The Balaban J connectivity index is 1.66. The molecule has 124 valence electrons. The number of hydrogen-bond acceptors (Lipinski definition) is 3. The van der Waals surface area contributed by atoms with Crippen LogP contribution < -0.4 is 5.32 Å². The van der Waals surface area contributed by atoms with Crippen molar-refractivity contribution >= 4 is 23.3 Å². The van der Waals surface area contributed by atoms with Gasteiger partial charge in [0.15, 0.2) is 11.5 Å². The summed E-state index contributed by atoms with van der Waals surface area (Å²) < 4.78 is 1.87. The third-order valence-corrected chi connectivity index (χ3v) is 4.00. The molecule has 0 saturated carbocycles. The number of rotatable bonds is 4. The third kappa shape index (κ3) is 3.49. The molecule has 1 aromatic carbocycles. The largest absolute Gasteiger partial charge is 0.328 e. The molecular formula is C17H18ClN5O. The van der Waals surface area contributed by atoms with Crippen LogP contribution in [-0.2, 0) is 6.54 Å². The summed E-state index contributed by atoms with van der Waals surface area (Å²) >= 11 is 5.88. The maximum absolute atomic E-state index is 12.4. The number of urea groups is 1. The highest BCUT2D eigenvalue weighted by Gasteiger charge is 2.17. The lowest BCUT2D eigenvalue weighted by molar-refractivity contribution is 0.203. The number of halogens is 1. The van der Waals surface area contributed by atoms with Gasteiger partial charge in [-0.05, 0) is 36.8 Å². The summed E-state index contributed by atoms with van der Waals surface area (Å²) in [7, 11) is 1.75. The summed E-state index contributed by atoms with van der Waals surface area (Å²) in [5, 5.41) is 11.9. The zero-order valence-electron chi connectivity index (χ0n) is 13.5. The van der Waals surface area contributed by atoms with Crippen LogP contribution >= 0.6 is 11.6 Å². The van der Waals surface area contributed by atoms with Crippen molar-refractivity contribution in [3.05, 3.63) is 65.1 Å². The maximum atomic E-state index is 12.4. The molecule has 1 unspecified atom stereocenters. The number of pyridine rings is 1. The first-order valence-electron chi connectivity index (χ1n) is 7.60. The Morgan fingerprint density at radius 1 is 1.25 bits per heavy atom. The summed E-state index contributed by atoms with van der Waals surface area (Å²) in [5.41, 5.74) is 1.76. The standard InChI is InChI=1S/C17H18ClN5O/c1-12(16-21-20-15-5-3-4-10-23(15)16)19-17(24)22(2)11-13-6-8-14(18)9-7-13/h3-10,12H,11H2,1-2H3,(H,19,24). The van der Waals surface area contributed by atoms with Gasteiger partial charge in [-0.25, -0.2) is 4.79 Å². The van der Waals surface area contributed by atoms with E-state index in [1.165, 1.54) is 0 Å². The number of hydrogen-bond donors (Lipinski definition) is 1. The molecule has 0 fully saturated rings. The topological polar surface area (TPSA) is 62.5 Å². The fourth-order valence-electron chi connectivity index (χ4n) is 2.45. The molecule has 6 nitrogen and oxygen atoms in total. The molecule has 24 heavy (non-hydrogen) atoms. The Kier molecular flexibility index (Phi) is 4.66. The van der Waals surface area contributed by atoms with E-state index < -0.39 is 0 Å². The molecule has 0 aliphatic rings. The van der Waals surface area contributed by atoms with Crippen LogP contribution in [0.25, 0.3) is 5.65 Å². The van der Waals surface area contributed by atoms with E-state index in [0.717, 1.165) is 11.2 Å². The third-order valence-electron chi connectivity index (χ3n) is 3.75. The van der Waals surface area contributed by atoms with Gasteiger partial charge in [-0.15, -0.1) is 10.2 Å². The molecular weight excluding hydrogens is 326 g/mol. The molecule has 3 aromatic rings. The predicted octanol–water partition coefficient (Wildman–Crippen LogP) is 3.29. The SMILES string of the molecule is CC(NC(=O)N(C)Cc1ccc(Cl)cc1)c1nnc2ccccn12. The van der Waals surface area contributed by atoms with E-state index in [9.17, 15) is 4.79 Å². The number of nitrogens with one attached hydrogen (secondary N) is 1.